The monoisotopic (exact) mass is 326 g/mol. The number of hydrogen-bond acceptors (Lipinski definition) is 5. The van der Waals surface area contributed by atoms with Crippen LogP contribution in [0.2, 0.25) is 5.02 Å². The van der Waals surface area contributed by atoms with Crippen LogP contribution in [-0.4, -0.2) is 52.0 Å². The number of carbonyl (C=O) groups is 2. The summed E-state index contributed by atoms with van der Waals surface area (Å²) in [7, 11) is 0. The van der Waals surface area contributed by atoms with E-state index < -0.39 is 11.9 Å². The Morgan fingerprint density at radius 3 is 2.73 bits per heavy atom. The zero-order valence-electron chi connectivity index (χ0n) is 12.3. The van der Waals surface area contributed by atoms with E-state index in [0.717, 1.165) is 12.8 Å². The highest BCUT2D eigenvalue weighted by atomic mass is 35.5. The second-order valence-corrected chi connectivity index (χ2v) is 5.75. The number of nitrogens with one attached hydrogen (secondary N) is 1. The number of nitrogens with zero attached hydrogens (tertiary/aromatic N) is 2. The molecule has 0 spiro atoms. The number of hydrogen-bond donors (Lipinski definition) is 3. The number of anilines is 1. The van der Waals surface area contributed by atoms with Crippen LogP contribution in [0.25, 0.3) is 0 Å². The van der Waals surface area contributed by atoms with Crippen molar-refractivity contribution in [2.75, 3.05) is 18.4 Å². The van der Waals surface area contributed by atoms with Gasteiger partial charge in [0.05, 0.1) is 17.1 Å². The van der Waals surface area contributed by atoms with Crippen LogP contribution >= 0.6 is 11.6 Å². The number of primary amides is 1. The Morgan fingerprint density at radius 1 is 1.55 bits per heavy atom. The van der Waals surface area contributed by atoms with Crippen LogP contribution in [0, 0.1) is 0 Å². The van der Waals surface area contributed by atoms with Gasteiger partial charge in [-0.25, -0.2) is 4.98 Å². The molecular formula is C14H19ClN4O3. The number of aliphatic carboxylic acids is 1. The summed E-state index contributed by atoms with van der Waals surface area (Å²) >= 11 is 6.07. The molecule has 1 heterocycles. The predicted molar refractivity (Wildman–Crippen MR) is 83.1 cm³/mol. The summed E-state index contributed by atoms with van der Waals surface area (Å²) in [5.41, 5.74) is 5.43. The average molecular weight is 327 g/mol. The molecule has 7 nitrogen and oxygen atoms in total. The number of carboxylic acid groups (broad SMARTS) is 1. The van der Waals surface area contributed by atoms with Gasteiger partial charge < -0.3 is 16.2 Å². The van der Waals surface area contributed by atoms with Gasteiger partial charge in [0.1, 0.15) is 5.82 Å². The number of nitrogens with two attached hydrogens (primary N) is 1. The van der Waals surface area contributed by atoms with Crippen molar-refractivity contribution in [1.29, 1.82) is 0 Å². The molecule has 0 atom stereocenters. The zero-order chi connectivity index (χ0) is 16.3. The van der Waals surface area contributed by atoms with Crippen LogP contribution in [0.15, 0.2) is 12.3 Å². The van der Waals surface area contributed by atoms with Gasteiger partial charge in [0, 0.05) is 18.3 Å². The van der Waals surface area contributed by atoms with Crippen LogP contribution < -0.4 is 11.1 Å². The lowest BCUT2D eigenvalue weighted by Gasteiger charge is -2.42. The first kappa shape index (κ1) is 16.5. The molecule has 1 aromatic heterocycles. The first-order valence-corrected chi connectivity index (χ1v) is 7.46. The third-order valence-corrected chi connectivity index (χ3v) is 4.13. The molecule has 0 bridgehead atoms. The van der Waals surface area contributed by atoms with Gasteiger partial charge in [-0.3, -0.25) is 14.5 Å². The zero-order valence-corrected chi connectivity index (χ0v) is 13.0. The Labute approximate surface area is 133 Å². The third-order valence-electron chi connectivity index (χ3n) is 3.84. The lowest BCUT2D eigenvalue weighted by Crippen LogP contribution is -2.51. The molecular weight excluding hydrogens is 308 g/mol. The van der Waals surface area contributed by atoms with Crippen molar-refractivity contribution in [1.82, 2.24) is 9.88 Å². The molecule has 0 radical (unpaired) electrons. The normalized spacial score (nSPS) is 20.5. The lowest BCUT2D eigenvalue weighted by molar-refractivity contribution is -0.139. The molecule has 4 N–H and O–H groups in total. The summed E-state index contributed by atoms with van der Waals surface area (Å²) in [6, 6.07) is 1.93. The number of likely N-dealkylation sites (N-methyl/N-ethyl adjacent to an activating group) is 1. The van der Waals surface area contributed by atoms with E-state index in [0.29, 0.717) is 17.4 Å². The van der Waals surface area contributed by atoms with Gasteiger partial charge in [-0.05, 0) is 25.5 Å². The topological polar surface area (TPSA) is 109 Å². The summed E-state index contributed by atoms with van der Waals surface area (Å²) in [5, 5.41) is 12.4. The Morgan fingerprint density at radius 2 is 2.23 bits per heavy atom. The molecule has 0 unspecified atom stereocenters. The molecule has 1 aromatic rings. The highest BCUT2D eigenvalue weighted by Crippen LogP contribution is 2.30. The largest absolute Gasteiger partial charge is 0.480 e. The molecule has 8 heteroatoms. The number of halogens is 1. The predicted octanol–water partition coefficient (Wildman–Crippen LogP) is 1.18. The van der Waals surface area contributed by atoms with Crippen molar-refractivity contribution in [3.8, 4) is 0 Å². The first-order chi connectivity index (χ1) is 10.4. The molecule has 2 rings (SSSR count). The van der Waals surface area contributed by atoms with Crippen LogP contribution in [0.1, 0.15) is 30.1 Å². The molecule has 0 saturated heterocycles. The van der Waals surface area contributed by atoms with Gasteiger partial charge in [0.15, 0.2) is 0 Å². The van der Waals surface area contributed by atoms with Crippen LogP contribution in [0.3, 0.4) is 0 Å². The summed E-state index contributed by atoms with van der Waals surface area (Å²) in [6.07, 6.45) is 3.04. The van der Waals surface area contributed by atoms with Crippen molar-refractivity contribution >= 4 is 29.3 Å². The molecule has 1 amide bonds. The molecule has 0 aromatic carbocycles. The van der Waals surface area contributed by atoms with Crippen LogP contribution in [0.5, 0.6) is 0 Å². The van der Waals surface area contributed by atoms with E-state index in [1.165, 1.54) is 12.3 Å². The van der Waals surface area contributed by atoms with Gasteiger partial charge in [0.2, 0.25) is 5.91 Å². The fourth-order valence-electron chi connectivity index (χ4n) is 2.55. The highest BCUT2D eigenvalue weighted by molar-refractivity contribution is 6.33. The standard InChI is InChI=1S/C14H19ClN4O3/c1-2-19(7-12(20)21)10-4-9(5-10)18-14-11(15)3-8(6-17-14)13(16)22/h3,6,9-10H,2,4-5,7H2,1H3,(H2,16,22)(H,17,18)(H,20,21). The fraction of sp³-hybridized carbons (Fsp3) is 0.500. The molecule has 1 saturated carbocycles. The van der Waals surface area contributed by atoms with Gasteiger partial charge in [-0.2, -0.15) is 0 Å². The quantitative estimate of drug-likeness (QED) is 0.694. The minimum atomic E-state index is -0.815. The molecule has 22 heavy (non-hydrogen) atoms. The number of pyridine rings is 1. The SMILES string of the molecule is CCN(CC(=O)O)C1CC(Nc2ncc(C(N)=O)cc2Cl)C1. The second-order valence-electron chi connectivity index (χ2n) is 5.34. The maximum Gasteiger partial charge on any atom is 0.317 e. The van der Waals surface area contributed by atoms with E-state index >= 15 is 0 Å². The van der Waals surface area contributed by atoms with Crippen molar-refractivity contribution in [2.45, 2.75) is 31.8 Å². The third kappa shape index (κ3) is 3.86. The second kappa shape index (κ2) is 6.93. The molecule has 0 aliphatic heterocycles. The Balaban J connectivity index is 1.90. The highest BCUT2D eigenvalue weighted by Gasteiger charge is 2.34. The fourth-order valence-corrected chi connectivity index (χ4v) is 2.77. The minimum Gasteiger partial charge on any atom is -0.480 e. The van der Waals surface area contributed by atoms with Crippen molar-refractivity contribution in [3.05, 3.63) is 22.8 Å². The number of amides is 1. The van der Waals surface area contributed by atoms with E-state index in [-0.39, 0.29) is 24.2 Å². The van der Waals surface area contributed by atoms with Crippen molar-refractivity contribution in [3.63, 3.8) is 0 Å². The van der Waals surface area contributed by atoms with E-state index in [2.05, 4.69) is 10.3 Å². The molecule has 1 aliphatic carbocycles. The van der Waals surface area contributed by atoms with E-state index in [1.807, 2.05) is 11.8 Å². The molecule has 1 aliphatic rings. The summed E-state index contributed by atoms with van der Waals surface area (Å²) < 4.78 is 0. The van der Waals surface area contributed by atoms with Gasteiger partial charge >= 0.3 is 5.97 Å². The number of aromatic nitrogens is 1. The Bertz CT molecular complexity index is 575. The number of carbonyl (C=O) groups excluding carboxylic acids is 1. The number of rotatable bonds is 7. The van der Waals surface area contributed by atoms with Gasteiger partial charge in [0.25, 0.3) is 0 Å². The van der Waals surface area contributed by atoms with E-state index in [9.17, 15) is 9.59 Å². The maximum atomic E-state index is 11.0. The molecule has 120 valence electrons. The van der Waals surface area contributed by atoms with Crippen molar-refractivity contribution < 1.29 is 14.7 Å². The molecule has 1 fully saturated rings. The van der Waals surface area contributed by atoms with Crippen LogP contribution in [0.4, 0.5) is 5.82 Å². The van der Waals surface area contributed by atoms with Crippen LogP contribution in [-0.2, 0) is 4.79 Å². The van der Waals surface area contributed by atoms with E-state index in [4.69, 9.17) is 22.4 Å². The van der Waals surface area contributed by atoms with E-state index in [1.54, 1.807) is 0 Å². The number of carboxylic acids is 1. The van der Waals surface area contributed by atoms with Crippen molar-refractivity contribution in [2.24, 2.45) is 5.73 Å². The Kier molecular flexibility index (Phi) is 5.20. The Hall–Kier alpha value is -1.86. The minimum absolute atomic E-state index is 0.0558. The maximum absolute atomic E-state index is 11.0. The summed E-state index contributed by atoms with van der Waals surface area (Å²) in [6.45, 7) is 2.71. The van der Waals surface area contributed by atoms with Gasteiger partial charge in [-0.1, -0.05) is 18.5 Å². The lowest BCUT2D eigenvalue weighted by atomic mass is 9.85. The van der Waals surface area contributed by atoms with Gasteiger partial charge in [-0.15, -0.1) is 0 Å². The average Bonchev–Trinajstić information content (AvgIpc) is 2.41. The first-order valence-electron chi connectivity index (χ1n) is 7.08. The smallest absolute Gasteiger partial charge is 0.317 e. The summed E-state index contributed by atoms with van der Waals surface area (Å²) in [4.78, 5) is 27.9. The summed E-state index contributed by atoms with van der Waals surface area (Å²) in [5.74, 6) is -0.877.